The van der Waals surface area contributed by atoms with Crippen LogP contribution in [0.4, 0.5) is 0 Å². The zero-order valence-electron chi connectivity index (χ0n) is 8.25. The third kappa shape index (κ3) is 1.44. The molecule has 0 aromatic heterocycles. The van der Waals surface area contributed by atoms with Crippen LogP contribution in [0.1, 0.15) is 23.7 Å². The summed E-state index contributed by atoms with van der Waals surface area (Å²) in [5.74, 6) is 0. The number of benzene rings is 1. The van der Waals surface area contributed by atoms with Gasteiger partial charge in [0.25, 0.3) is 0 Å². The number of aliphatic hydroxyl groups excluding tert-OH is 1. The Morgan fingerprint density at radius 1 is 1.38 bits per heavy atom. The molecule has 0 saturated heterocycles. The quantitative estimate of drug-likeness (QED) is 0.666. The molecular weight excluding hydrogens is 176 g/mol. The van der Waals surface area contributed by atoms with Gasteiger partial charge < -0.3 is 5.11 Å². The van der Waals surface area contributed by atoms with Crippen molar-refractivity contribution in [2.75, 3.05) is 0 Å². The number of fused-ring (bicyclic) bond motifs is 1. The summed E-state index contributed by atoms with van der Waals surface area (Å²) >= 11 is 0. The minimum Gasteiger partial charge on any atom is -0.388 e. The van der Waals surface area contributed by atoms with Crippen molar-refractivity contribution in [3.8, 4) is 0 Å². The van der Waals surface area contributed by atoms with Crippen LogP contribution in [0.2, 0.25) is 13.1 Å². The van der Waals surface area contributed by atoms with Gasteiger partial charge in [0.2, 0.25) is 0 Å². The van der Waals surface area contributed by atoms with Gasteiger partial charge in [0, 0.05) is 0 Å². The Morgan fingerprint density at radius 3 is 2.85 bits per heavy atom. The van der Waals surface area contributed by atoms with E-state index in [1.165, 1.54) is 11.1 Å². The van der Waals surface area contributed by atoms with E-state index in [1.54, 1.807) is 5.19 Å². The van der Waals surface area contributed by atoms with Crippen molar-refractivity contribution < 1.29 is 5.11 Å². The first-order valence-corrected chi connectivity index (χ1v) is 7.88. The fourth-order valence-corrected chi connectivity index (χ4v) is 3.71. The lowest BCUT2D eigenvalue weighted by Gasteiger charge is -2.11. The van der Waals surface area contributed by atoms with Gasteiger partial charge >= 0.3 is 0 Å². The summed E-state index contributed by atoms with van der Waals surface area (Å²) < 4.78 is 0. The lowest BCUT2D eigenvalue weighted by Crippen LogP contribution is -2.26. The van der Waals surface area contributed by atoms with Gasteiger partial charge in [0.15, 0.2) is 0 Å². The minimum absolute atomic E-state index is 0.192. The van der Waals surface area contributed by atoms with Gasteiger partial charge in [-0.15, -0.1) is 0 Å². The Balaban J connectivity index is 2.51. The Kier molecular flexibility index (Phi) is 2.26. The summed E-state index contributed by atoms with van der Waals surface area (Å²) in [6.45, 7) is 4.70. The van der Waals surface area contributed by atoms with Gasteiger partial charge in [-0.1, -0.05) is 36.5 Å². The van der Waals surface area contributed by atoms with Crippen LogP contribution in [-0.2, 0) is 6.42 Å². The van der Waals surface area contributed by atoms with Crippen LogP contribution in [0.15, 0.2) is 18.2 Å². The van der Waals surface area contributed by atoms with Crippen LogP contribution in [0.25, 0.3) is 0 Å². The van der Waals surface area contributed by atoms with E-state index in [0.29, 0.717) is 0 Å². The van der Waals surface area contributed by atoms with Gasteiger partial charge in [0.1, 0.15) is 0 Å². The summed E-state index contributed by atoms with van der Waals surface area (Å²) in [4.78, 5) is 0. The first kappa shape index (κ1) is 8.97. The standard InChI is InChI=1S/C11H16OSi/c1-13(2)11-5-3-4-8-9(11)6-7-10(8)12/h3-5,10,12-13H,6-7H2,1-2H3/t10-/m0/s1. The zero-order chi connectivity index (χ0) is 9.42. The summed E-state index contributed by atoms with van der Waals surface area (Å²) in [6, 6.07) is 6.41. The molecule has 13 heavy (non-hydrogen) atoms. The highest BCUT2D eigenvalue weighted by Crippen LogP contribution is 2.29. The van der Waals surface area contributed by atoms with E-state index in [1.807, 2.05) is 0 Å². The van der Waals surface area contributed by atoms with Crippen molar-refractivity contribution in [3.63, 3.8) is 0 Å². The predicted molar refractivity (Wildman–Crippen MR) is 58.2 cm³/mol. The van der Waals surface area contributed by atoms with Gasteiger partial charge in [-0.05, 0) is 24.0 Å². The second-order valence-electron chi connectivity index (χ2n) is 4.12. The molecule has 0 radical (unpaired) electrons. The Bertz CT molecular complexity index is 320. The van der Waals surface area contributed by atoms with Crippen LogP contribution in [0, 0.1) is 0 Å². The molecule has 1 atom stereocenters. The molecule has 1 aliphatic rings. The summed E-state index contributed by atoms with van der Waals surface area (Å²) in [5.41, 5.74) is 2.65. The largest absolute Gasteiger partial charge is 0.388 e. The molecule has 0 heterocycles. The third-order valence-electron chi connectivity index (χ3n) is 2.90. The molecule has 1 aromatic carbocycles. The molecule has 2 rings (SSSR count). The fourth-order valence-electron chi connectivity index (χ4n) is 2.20. The van der Waals surface area contributed by atoms with Gasteiger partial charge in [-0.3, -0.25) is 0 Å². The van der Waals surface area contributed by atoms with E-state index in [-0.39, 0.29) is 6.10 Å². The topological polar surface area (TPSA) is 20.2 Å². The van der Waals surface area contributed by atoms with Crippen molar-refractivity contribution >= 4 is 14.0 Å². The summed E-state index contributed by atoms with van der Waals surface area (Å²) in [5, 5.41) is 11.3. The molecule has 1 N–H and O–H groups in total. The van der Waals surface area contributed by atoms with E-state index < -0.39 is 8.80 Å². The molecule has 0 bridgehead atoms. The van der Waals surface area contributed by atoms with Crippen LogP contribution in [0.3, 0.4) is 0 Å². The molecule has 0 aliphatic heterocycles. The number of aliphatic hydroxyl groups is 1. The molecule has 1 nitrogen and oxygen atoms in total. The van der Waals surface area contributed by atoms with E-state index in [2.05, 4.69) is 31.3 Å². The second-order valence-corrected chi connectivity index (χ2v) is 7.06. The van der Waals surface area contributed by atoms with Crippen molar-refractivity contribution in [2.24, 2.45) is 0 Å². The molecule has 0 unspecified atom stereocenters. The molecule has 2 heteroatoms. The normalized spacial score (nSPS) is 20.8. The molecule has 0 amide bonds. The lowest BCUT2D eigenvalue weighted by atomic mass is 10.1. The van der Waals surface area contributed by atoms with Crippen molar-refractivity contribution in [2.45, 2.75) is 32.0 Å². The monoisotopic (exact) mass is 192 g/mol. The van der Waals surface area contributed by atoms with Crippen LogP contribution in [-0.4, -0.2) is 13.9 Å². The Morgan fingerprint density at radius 2 is 2.15 bits per heavy atom. The van der Waals surface area contributed by atoms with E-state index >= 15 is 0 Å². The highest BCUT2D eigenvalue weighted by molar-refractivity contribution is 6.71. The third-order valence-corrected chi connectivity index (χ3v) is 4.68. The zero-order valence-corrected chi connectivity index (χ0v) is 9.40. The predicted octanol–water partition coefficient (Wildman–Crippen LogP) is 1.36. The molecular formula is C11H16OSi. The average Bonchev–Trinajstić information content (AvgIpc) is 2.48. The number of hydrogen-bond donors (Lipinski definition) is 1. The van der Waals surface area contributed by atoms with Gasteiger partial charge in [-0.25, -0.2) is 0 Å². The Labute approximate surface area is 81.0 Å². The second kappa shape index (κ2) is 3.27. The van der Waals surface area contributed by atoms with E-state index in [9.17, 15) is 5.11 Å². The van der Waals surface area contributed by atoms with Crippen molar-refractivity contribution in [1.82, 2.24) is 0 Å². The van der Waals surface area contributed by atoms with Crippen molar-refractivity contribution in [3.05, 3.63) is 29.3 Å². The van der Waals surface area contributed by atoms with E-state index in [4.69, 9.17) is 0 Å². The molecule has 0 saturated carbocycles. The lowest BCUT2D eigenvalue weighted by molar-refractivity contribution is 0.180. The molecule has 0 fully saturated rings. The SMILES string of the molecule is C[SiH](C)c1cccc2c1CC[C@@H]2O. The van der Waals surface area contributed by atoms with Crippen LogP contribution >= 0.6 is 0 Å². The maximum atomic E-state index is 9.70. The number of rotatable bonds is 1. The van der Waals surface area contributed by atoms with Gasteiger partial charge in [0.05, 0.1) is 14.9 Å². The highest BCUT2D eigenvalue weighted by Gasteiger charge is 2.22. The van der Waals surface area contributed by atoms with Crippen LogP contribution in [0.5, 0.6) is 0 Å². The van der Waals surface area contributed by atoms with E-state index in [0.717, 1.165) is 12.8 Å². The Hall–Kier alpha value is -0.603. The molecule has 1 aliphatic carbocycles. The summed E-state index contributed by atoms with van der Waals surface area (Å²) in [6.07, 6.45) is 1.81. The summed E-state index contributed by atoms with van der Waals surface area (Å²) in [7, 11) is -0.712. The molecule has 70 valence electrons. The molecule has 1 aromatic rings. The first-order chi connectivity index (χ1) is 6.20. The van der Waals surface area contributed by atoms with Crippen molar-refractivity contribution in [1.29, 1.82) is 0 Å². The minimum atomic E-state index is -0.712. The number of hydrogen-bond acceptors (Lipinski definition) is 1. The van der Waals surface area contributed by atoms with Gasteiger partial charge in [-0.2, -0.15) is 0 Å². The fraction of sp³-hybridized carbons (Fsp3) is 0.455. The first-order valence-electron chi connectivity index (χ1n) is 5.00. The molecule has 0 spiro atoms. The average molecular weight is 192 g/mol. The maximum absolute atomic E-state index is 9.70. The van der Waals surface area contributed by atoms with Crippen LogP contribution < -0.4 is 5.19 Å². The maximum Gasteiger partial charge on any atom is 0.0795 e. The highest BCUT2D eigenvalue weighted by atomic mass is 28.3. The smallest absolute Gasteiger partial charge is 0.0795 e.